The van der Waals surface area contributed by atoms with Crippen LogP contribution in [0.15, 0.2) is 22.7 Å². The van der Waals surface area contributed by atoms with E-state index in [1.807, 2.05) is 13.8 Å². The number of hydrogen-bond donors (Lipinski definition) is 2. The van der Waals surface area contributed by atoms with Gasteiger partial charge in [-0.1, -0.05) is 0 Å². The number of thiocarbonyl (C=S) groups is 1. The van der Waals surface area contributed by atoms with E-state index in [1.54, 1.807) is 18.2 Å². The first-order valence-electron chi connectivity index (χ1n) is 5.60. The summed E-state index contributed by atoms with van der Waals surface area (Å²) in [5, 5.41) is 5.78. The Balaban J connectivity index is 2.75. The highest BCUT2D eigenvalue weighted by atomic mass is 79.9. The summed E-state index contributed by atoms with van der Waals surface area (Å²) in [6.07, 6.45) is 0. The van der Waals surface area contributed by atoms with Crippen molar-refractivity contribution in [1.29, 1.82) is 0 Å². The molecule has 0 radical (unpaired) electrons. The van der Waals surface area contributed by atoms with Crippen molar-refractivity contribution in [3.8, 4) is 5.75 Å². The number of ether oxygens (including phenoxy) is 1. The minimum Gasteiger partial charge on any atom is -0.493 e. The Morgan fingerprint density at radius 3 is 2.72 bits per heavy atom. The summed E-state index contributed by atoms with van der Waals surface area (Å²) in [6.45, 7) is 5.06. The van der Waals surface area contributed by atoms with E-state index in [0.29, 0.717) is 29.6 Å². The Hall–Kier alpha value is -1.14. The lowest BCUT2D eigenvalue weighted by molar-refractivity contribution is 0.0976. The third-order valence-electron chi connectivity index (χ3n) is 2.06. The number of nitrogens with one attached hydrogen (secondary N) is 2. The fourth-order valence-corrected chi connectivity index (χ4v) is 2.02. The highest BCUT2D eigenvalue weighted by Crippen LogP contribution is 2.25. The van der Waals surface area contributed by atoms with Gasteiger partial charge in [-0.2, -0.15) is 0 Å². The molecule has 2 N–H and O–H groups in total. The molecule has 0 saturated carbocycles. The van der Waals surface area contributed by atoms with Gasteiger partial charge < -0.3 is 10.1 Å². The number of benzene rings is 1. The van der Waals surface area contributed by atoms with E-state index in [0.717, 1.165) is 4.47 Å². The average Bonchev–Trinajstić information content (AvgIpc) is 2.32. The minimum atomic E-state index is -0.246. The van der Waals surface area contributed by atoms with E-state index in [-0.39, 0.29) is 5.91 Å². The topological polar surface area (TPSA) is 50.4 Å². The zero-order valence-electron chi connectivity index (χ0n) is 10.2. The zero-order valence-corrected chi connectivity index (χ0v) is 12.7. The van der Waals surface area contributed by atoms with Crippen molar-refractivity contribution in [2.24, 2.45) is 0 Å². The first kappa shape index (κ1) is 14.9. The summed E-state index contributed by atoms with van der Waals surface area (Å²) in [6, 6.07) is 5.15. The molecule has 1 aromatic carbocycles. The maximum Gasteiger partial charge on any atom is 0.257 e. The normalized spacial score (nSPS) is 9.72. The molecule has 0 heterocycles. The molecule has 0 aliphatic heterocycles. The van der Waals surface area contributed by atoms with Crippen molar-refractivity contribution in [2.75, 3.05) is 13.2 Å². The molecule has 1 aromatic rings. The van der Waals surface area contributed by atoms with Gasteiger partial charge in [0, 0.05) is 12.1 Å². The van der Waals surface area contributed by atoms with Gasteiger partial charge in [-0.05, 0) is 60.2 Å². The second-order valence-corrected chi connectivity index (χ2v) is 4.65. The number of hydrogen-bond acceptors (Lipinski definition) is 3. The van der Waals surface area contributed by atoms with Crippen molar-refractivity contribution in [1.82, 2.24) is 10.6 Å². The van der Waals surface area contributed by atoms with Crippen molar-refractivity contribution in [3.63, 3.8) is 0 Å². The van der Waals surface area contributed by atoms with Crippen molar-refractivity contribution >= 4 is 39.2 Å². The lowest BCUT2D eigenvalue weighted by Gasteiger charge is -2.09. The van der Waals surface area contributed by atoms with Crippen LogP contribution in [0.5, 0.6) is 5.75 Å². The molecular weight excluding hydrogens is 316 g/mol. The first-order chi connectivity index (χ1) is 8.58. The SMILES string of the molecule is CCNC(=S)NC(=O)c1ccc(OCC)c(Br)c1. The summed E-state index contributed by atoms with van der Waals surface area (Å²) in [4.78, 5) is 11.9. The fraction of sp³-hybridized carbons (Fsp3) is 0.333. The molecule has 0 atom stereocenters. The van der Waals surface area contributed by atoms with Gasteiger partial charge in [0.2, 0.25) is 0 Å². The zero-order chi connectivity index (χ0) is 13.5. The van der Waals surface area contributed by atoms with Crippen LogP contribution in [0.25, 0.3) is 0 Å². The number of rotatable bonds is 4. The van der Waals surface area contributed by atoms with E-state index in [2.05, 4.69) is 26.6 Å². The van der Waals surface area contributed by atoms with Gasteiger partial charge in [0.1, 0.15) is 5.75 Å². The van der Waals surface area contributed by atoms with Crippen LogP contribution < -0.4 is 15.4 Å². The van der Waals surface area contributed by atoms with Crippen molar-refractivity contribution in [3.05, 3.63) is 28.2 Å². The van der Waals surface area contributed by atoms with Gasteiger partial charge in [-0.15, -0.1) is 0 Å². The van der Waals surface area contributed by atoms with Gasteiger partial charge in [0.25, 0.3) is 5.91 Å². The van der Waals surface area contributed by atoms with Crippen LogP contribution in [0.2, 0.25) is 0 Å². The second-order valence-electron chi connectivity index (χ2n) is 3.39. The van der Waals surface area contributed by atoms with Gasteiger partial charge in [-0.3, -0.25) is 10.1 Å². The Morgan fingerprint density at radius 1 is 1.44 bits per heavy atom. The summed E-state index contributed by atoms with van der Waals surface area (Å²) >= 11 is 8.31. The molecule has 6 heteroatoms. The van der Waals surface area contributed by atoms with E-state index in [9.17, 15) is 4.79 Å². The van der Waals surface area contributed by atoms with E-state index in [4.69, 9.17) is 17.0 Å². The van der Waals surface area contributed by atoms with Crippen LogP contribution in [0.1, 0.15) is 24.2 Å². The Labute approximate surface area is 120 Å². The Morgan fingerprint density at radius 2 is 2.17 bits per heavy atom. The van der Waals surface area contributed by atoms with Gasteiger partial charge in [-0.25, -0.2) is 0 Å². The molecule has 0 fully saturated rings. The summed E-state index contributed by atoms with van der Waals surface area (Å²) < 4.78 is 6.12. The molecule has 0 spiro atoms. The smallest absolute Gasteiger partial charge is 0.257 e. The molecule has 1 amide bonds. The van der Waals surface area contributed by atoms with Crippen LogP contribution in [-0.2, 0) is 0 Å². The van der Waals surface area contributed by atoms with Crippen LogP contribution >= 0.6 is 28.1 Å². The molecular formula is C12H15BrN2O2S. The highest BCUT2D eigenvalue weighted by molar-refractivity contribution is 9.10. The summed E-state index contributed by atoms with van der Waals surface area (Å²) in [5.74, 6) is 0.466. The second kappa shape index (κ2) is 7.33. The van der Waals surface area contributed by atoms with Gasteiger partial charge >= 0.3 is 0 Å². The average molecular weight is 331 g/mol. The molecule has 0 aromatic heterocycles. The molecule has 0 saturated heterocycles. The first-order valence-corrected chi connectivity index (χ1v) is 6.80. The van der Waals surface area contributed by atoms with Gasteiger partial charge in [0.15, 0.2) is 5.11 Å². The lowest BCUT2D eigenvalue weighted by atomic mass is 10.2. The van der Waals surface area contributed by atoms with Gasteiger partial charge in [0.05, 0.1) is 11.1 Å². The third kappa shape index (κ3) is 4.27. The van der Waals surface area contributed by atoms with Crippen LogP contribution in [0, 0.1) is 0 Å². The molecule has 18 heavy (non-hydrogen) atoms. The standard InChI is InChI=1S/C12H15BrN2O2S/c1-3-14-12(18)15-11(16)8-5-6-10(17-4-2)9(13)7-8/h5-7H,3-4H2,1-2H3,(H2,14,15,16,18). The molecule has 0 aliphatic carbocycles. The third-order valence-corrected chi connectivity index (χ3v) is 2.92. The Bertz CT molecular complexity index is 452. The van der Waals surface area contributed by atoms with Crippen LogP contribution in [0.4, 0.5) is 0 Å². The number of amides is 1. The molecule has 0 unspecified atom stereocenters. The highest BCUT2D eigenvalue weighted by Gasteiger charge is 2.10. The summed E-state index contributed by atoms with van der Waals surface area (Å²) in [5.41, 5.74) is 0.519. The molecule has 98 valence electrons. The molecule has 4 nitrogen and oxygen atoms in total. The van der Waals surface area contributed by atoms with E-state index in [1.165, 1.54) is 0 Å². The maximum atomic E-state index is 11.9. The lowest BCUT2D eigenvalue weighted by Crippen LogP contribution is -2.39. The number of halogens is 1. The van der Waals surface area contributed by atoms with Crippen LogP contribution in [0.3, 0.4) is 0 Å². The largest absolute Gasteiger partial charge is 0.493 e. The van der Waals surface area contributed by atoms with E-state index < -0.39 is 0 Å². The molecule has 0 bridgehead atoms. The number of carbonyl (C=O) groups is 1. The quantitative estimate of drug-likeness (QED) is 0.833. The Kier molecular flexibility index (Phi) is 6.07. The predicted molar refractivity (Wildman–Crippen MR) is 79.1 cm³/mol. The van der Waals surface area contributed by atoms with Crippen LogP contribution in [-0.4, -0.2) is 24.2 Å². The monoisotopic (exact) mass is 330 g/mol. The van der Waals surface area contributed by atoms with Crippen molar-refractivity contribution < 1.29 is 9.53 Å². The van der Waals surface area contributed by atoms with Crippen molar-refractivity contribution in [2.45, 2.75) is 13.8 Å². The minimum absolute atomic E-state index is 0.246. The molecule has 0 aliphatic rings. The summed E-state index contributed by atoms with van der Waals surface area (Å²) in [7, 11) is 0. The van der Waals surface area contributed by atoms with E-state index >= 15 is 0 Å². The predicted octanol–water partition coefficient (Wildman–Crippen LogP) is 2.47. The molecule has 1 rings (SSSR count). The maximum absolute atomic E-state index is 11.9. The number of carbonyl (C=O) groups excluding carboxylic acids is 1. The fourth-order valence-electron chi connectivity index (χ4n) is 1.29.